The van der Waals surface area contributed by atoms with Crippen LogP contribution in [-0.2, 0) is 4.79 Å². The number of amides is 1. The van der Waals surface area contributed by atoms with E-state index in [-0.39, 0.29) is 17.9 Å². The van der Waals surface area contributed by atoms with Crippen molar-refractivity contribution < 1.29 is 9.90 Å². The summed E-state index contributed by atoms with van der Waals surface area (Å²) in [6, 6.07) is 9.60. The van der Waals surface area contributed by atoms with E-state index in [2.05, 4.69) is 5.32 Å². The van der Waals surface area contributed by atoms with Gasteiger partial charge >= 0.3 is 0 Å². The lowest BCUT2D eigenvalue weighted by atomic mass is 9.91. The SMILES string of the molecule is CC(C)[C@@](C)(O)C(=O)N[C@@H](C)c1ccccc1. The normalized spacial score (nSPS) is 16.4. The monoisotopic (exact) mass is 235 g/mol. The zero-order valence-electron chi connectivity index (χ0n) is 10.9. The highest BCUT2D eigenvalue weighted by Gasteiger charge is 2.34. The standard InChI is InChI=1S/C14H21NO2/c1-10(2)14(4,17)13(16)15-11(3)12-8-6-5-7-9-12/h5-11,17H,1-4H3,(H,15,16)/t11-,14+/m0/s1. The molecular weight excluding hydrogens is 214 g/mol. The largest absolute Gasteiger partial charge is 0.380 e. The number of nitrogens with one attached hydrogen (secondary N) is 1. The van der Waals surface area contributed by atoms with Crippen LogP contribution in [0.25, 0.3) is 0 Å². The third-order valence-corrected chi connectivity index (χ3v) is 3.23. The number of hydrogen-bond acceptors (Lipinski definition) is 2. The Balaban J connectivity index is 2.70. The summed E-state index contributed by atoms with van der Waals surface area (Å²) in [6.07, 6.45) is 0. The minimum atomic E-state index is -1.33. The third-order valence-electron chi connectivity index (χ3n) is 3.23. The topological polar surface area (TPSA) is 49.3 Å². The molecule has 0 saturated heterocycles. The predicted molar refractivity (Wildman–Crippen MR) is 68.5 cm³/mol. The van der Waals surface area contributed by atoms with Crippen molar-refractivity contribution in [1.82, 2.24) is 5.32 Å². The molecule has 0 aliphatic carbocycles. The third kappa shape index (κ3) is 3.30. The van der Waals surface area contributed by atoms with E-state index in [0.717, 1.165) is 5.56 Å². The van der Waals surface area contributed by atoms with E-state index in [4.69, 9.17) is 0 Å². The fourth-order valence-electron chi connectivity index (χ4n) is 1.43. The maximum Gasteiger partial charge on any atom is 0.252 e. The zero-order valence-corrected chi connectivity index (χ0v) is 10.9. The second-order valence-electron chi connectivity index (χ2n) is 4.91. The summed E-state index contributed by atoms with van der Waals surface area (Å²) in [6.45, 7) is 7.11. The van der Waals surface area contributed by atoms with Crippen molar-refractivity contribution in [2.45, 2.75) is 39.3 Å². The lowest BCUT2D eigenvalue weighted by molar-refractivity contribution is -0.143. The van der Waals surface area contributed by atoms with Crippen molar-refractivity contribution in [3.63, 3.8) is 0 Å². The first-order valence-electron chi connectivity index (χ1n) is 5.94. The minimum Gasteiger partial charge on any atom is -0.380 e. The molecule has 2 atom stereocenters. The number of benzene rings is 1. The molecule has 0 unspecified atom stereocenters. The maximum atomic E-state index is 11.9. The molecule has 0 heterocycles. The summed E-state index contributed by atoms with van der Waals surface area (Å²) in [5.41, 5.74) is -0.302. The van der Waals surface area contributed by atoms with Gasteiger partial charge < -0.3 is 10.4 Å². The number of aliphatic hydroxyl groups is 1. The molecule has 1 rings (SSSR count). The minimum absolute atomic E-state index is 0.103. The van der Waals surface area contributed by atoms with E-state index in [1.807, 2.05) is 51.1 Å². The molecule has 3 heteroatoms. The molecule has 0 aliphatic heterocycles. The smallest absolute Gasteiger partial charge is 0.252 e. The van der Waals surface area contributed by atoms with Crippen LogP contribution in [0.2, 0.25) is 0 Å². The van der Waals surface area contributed by atoms with Crippen molar-refractivity contribution in [1.29, 1.82) is 0 Å². The van der Waals surface area contributed by atoms with Gasteiger partial charge in [0.25, 0.3) is 5.91 Å². The van der Waals surface area contributed by atoms with Crippen molar-refractivity contribution in [2.75, 3.05) is 0 Å². The van der Waals surface area contributed by atoms with Crippen molar-refractivity contribution in [3.8, 4) is 0 Å². The molecule has 2 N–H and O–H groups in total. The van der Waals surface area contributed by atoms with E-state index >= 15 is 0 Å². The molecule has 0 bridgehead atoms. The van der Waals surface area contributed by atoms with Gasteiger partial charge in [0.15, 0.2) is 0 Å². The maximum absolute atomic E-state index is 11.9. The highest BCUT2D eigenvalue weighted by molar-refractivity contribution is 5.85. The Morgan fingerprint density at radius 1 is 1.24 bits per heavy atom. The molecule has 0 aromatic heterocycles. The molecule has 94 valence electrons. The van der Waals surface area contributed by atoms with Crippen LogP contribution >= 0.6 is 0 Å². The van der Waals surface area contributed by atoms with Gasteiger partial charge in [-0.05, 0) is 25.3 Å². The summed E-state index contributed by atoms with van der Waals surface area (Å²) in [7, 11) is 0. The lowest BCUT2D eigenvalue weighted by Gasteiger charge is -2.28. The van der Waals surface area contributed by atoms with E-state index in [9.17, 15) is 9.90 Å². The number of carbonyl (C=O) groups excluding carboxylic acids is 1. The summed E-state index contributed by atoms with van der Waals surface area (Å²) in [5.74, 6) is -0.450. The molecule has 1 aromatic carbocycles. The Hall–Kier alpha value is -1.35. The summed E-state index contributed by atoms with van der Waals surface area (Å²) >= 11 is 0. The molecule has 1 aromatic rings. The second-order valence-corrected chi connectivity index (χ2v) is 4.91. The fourth-order valence-corrected chi connectivity index (χ4v) is 1.43. The van der Waals surface area contributed by atoms with Crippen molar-refractivity contribution >= 4 is 5.91 Å². The average Bonchev–Trinajstić information content (AvgIpc) is 2.29. The first-order chi connectivity index (χ1) is 7.85. The van der Waals surface area contributed by atoms with Gasteiger partial charge in [0.1, 0.15) is 5.60 Å². The van der Waals surface area contributed by atoms with Crippen LogP contribution in [0.15, 0.2) is 30.3 Å². The zero-order chi connectivity index (χ0) is 13.1. The van der Waals surface area contributed by atoms with Crippen LogP contribution in [0.1, 0.15) is 39.3 Å². The number of rotatable bonds is 4. The summed E-state index contributed by atoms with van der Waals surface area (Å²) < 4.78 is 0. The highest BCUT2D eigenvalue weighted by Crippen LogP contribution is 2.19. The summed E-state index contributed by atoms with van der Waals surface area (Å²) in [5, 5.41) is 12.9. The first-order valence-corrected chi connectivity index (χ1v) is 5.94. The number of hydrogen-bond donors (Lipinski definition) is 2. The molecule has 0 fully saturated rings. The fraction of sp³-hybridized carbons (Fsp3) is 0.500. The van der Waals surface area contributed by atoms with Crippen molar-refractivity contribution in [2.24, 2.45) is 5.92 Å². The van der Waals surface area contributed by atoms with Gasteiger partial charge in [-0.25, -0.2) is 0 Å². The van der Waals surface area contributed by atoms with E-state index in [1.165, 1.54) is 0 Å². The Morgan fingerprint density at radius 2 is 1.76 bits per heavy atom. The van der Waals surface area contributed by atoms with Crippen molar-refractivity contribution in [3.05, 3.63) is 35.9 Å². The van der Waals surface area contributed by atoms with Crippen LogP contribution < -0.4 is 5.32 Å². The molecule has 0 saturated carbocycles. The van der Waals surface area contributed by atoms with Gasteiger partial charge in [0.2, 0.25) is 0 Å². The van der Waals surface area contributed by atoms with Crippen LogP contribution in [0.3, 0.4) is 0 Å². The lowest BCUT2D eigenvalue weighted by Crippen LogP contribution is -2.48. The van der Waals surface area contributed by atoms with Crippen LogP contribution in [0.4, 0.5) is 0 Å². The molecular formula is C14H21NO2. The van der Waals surface area contributed by atoms with E-state index < -0.39 is 5.60 Å². The van der Waals surface area contributed by atoms with Crippen LogP contribution in [-0.4, -0.2) is 16.6 Å². The molecule has 1 amide bonds. The summed E-state index contributed by atoms with van der Waals surface area (Å²) in [4.78, 5) is 11.9. The Morgan fingerprint density at radius 3 is 2.24 bits per heavy atom. The van der Waals surface area contributed by atoms with Crippen LogP contribution in [0, 0.1) is 5.92 Å². The number of carbonyl (C=O) groups is 1. The Kier molecular flexibility index (Phi) is 4.29. The molecule has 0 radical (unpaired) electrons. The molecule has 17 heavy (non-hydrogen) atoms. The molecule has 0 spiro atoms. The Bertz CT molecular complexity index is 371. The molecule has 0 aliphatic rings. The van der Waals surface area contributed by atoms with E-state index in [1.54, 1.807) is 6.92 Å². The van der Waals surface area contributed by atoms with E-state index in [0.29, 0.717) is 0 Å². The highest BCUT2D eigenvalue weighted by atomic mass is 16.3. The van der Waals surface area contributed by atoms with Gasteiger partial charge in [0.05, 0.1) is 6.04 Å². The van der Waals surface area contributed by atoms with Gasteiger partial charge in [-0.1, -0.05) is 44.2 Å². The second kappa shape index (κ2) is 5.32. The van der Waals surface area contributed by atoms with Gasteiger partial charge in [-0.3, -0.25) is 4.79 Å². The average molecular weight is 235 g/mol. The van der Waals surface area contributed by atoms with Gasteiger partial charge in [-0.15, -0.1) is 0 Å². The Labute approximate surface area is 103 Å². The quantitative estimate of drug-likeness (QED) is 0.841. The predicted octanol–water partition coefficient (Wildman–Crippen LogP) is 2.27. The van der Waals surface area contributed by atoms with Crippen LogP contribution in [0.5, 0.6) is 0 Å². The first kappa shape index (κ1) is 13.7. The van der Waals surface area contributed by atoms with Gasteiger partial charge in [0, 0.05) is 0 Å². The van der Waals surface area contributed by atoms with Gasteiger partial charge in [-0.2, -0.15) is 0 Å². The molecule has 3 nitrogen and oxygen atoms in total.